The zero-order valence-corrected chi connectivity index (χ0v) is 15.5. The van der Waals surface area contributed by atoms with E-state index >= 15 is 0 Å². The van der Waals surface area contributed by atoms with Crippen molar-refractivity contribution in [3.63, 3.8) is 0 Å². The second-order valence-corrected chi connectivity index (χ2v) is 5.91. The molecule has 2 heterocycles. The summed E-state index contributed by atoms with van der Waals surface area (Å²) in [7, 11) is 0. The first kappa shape index (κ1) is 20.3. The smallest absolute Gasteiger partial charge is 0.241 e. The number of amides is 1. The van der Waals surface area contributed by atoms with E-state index in [2.05, 4.69) is 15.3 Å². The van der Waals surface area contributed by atoms with Gasteiger partial charge in [0.2, 0.25) is 5.91 Å². The third kappa shape index (κ3) is 6.33. The second kappa shape index (κ2) is 10.2. The Bertz CT molecular complexity index is 885. The van der Waals surface area contributed by atoms with Crippen LogP contribution in [0.1, 0.15) is 16.7 Å². The highest BCUT2D eigenvalue weighted by Gasteiger charge is 2.14. The molecular weight excluding hydrogens is 360 g/mol. The standard InChI is InChI=1S/C21H20N4O.ClH/c22-20(13-17-4-2-1-3-5-17)21(26)25-19-12-18(14-24-15-19)7-6-16-8-10-23-11-9-16;/h1-12,14-15,20H,13,22H2,(H,25,26);1H/t20-;/m0./s1. The lowest BCUT2D eigenvalue weighted by atomic mass is 10.1. The molecule has 6 heteroatoms. The number of halogens is 1. The van der Waals surface area contributed by atoms with Gasteiger partial charge in [0.15, 0.2) is 0 Å². The van der Waals surface area contributed by atoms with Gasteiger partial charge in [-0.25, -0.2) is 0 Å². The molecule has 3 rings (SSSR count). The van der Waals surface area contributed by atoms with E-state index in [0.29, 0.717) is 12.1 Å². The fraction of sp³-hybridized carbons (Fsp3) is 0.0952. The Morgan fingerprint density at radius 3 is 2.44 bits per heavy atom. The number of hydrogen-bond acceptors (Lipinski definition) is 4. The van der Waals surface area contributed by atoms with Gasteiger partial charge in [-0.2, -0.15) is 0 Å². The van der Waals surface area contributed by atoms with Crippen LogP contribution in [0.3, 0.4) is 0 Å². The minimum atomic E-state index is -0.617. The first-order valence-corrected chi connectivity index (χ1v) is 8.34. The van der Waals surface area contributed by atoms with Gasteiger partial charge in [0.05, 0.1) is 17.9 Å². The summed E-state index contributed by atoms with van der Waals surface area (Å²) >= 11 is 0. The fourth-order valence-electron chi connectivity index (χ4n) is 2.48. The number of carbonyl (C=O) groups is 1. The summed E-state index contributed by atoms with van der Waals surface area (Å²) in [5.74, 6) is -0.231. The maximum absolute atomic E-state index is 12.3. The van der Waals surface area contributed by atoms with Gasteiger partial charge >= 0.3 is 0 Å². The molecule has 138 valence electrons. The van der Waals surface area contributed by atoms with Crippen LogP contribution < -0.4 is 11.1 Å². The topological polar surface area (TPSA) is 80.9 Å². The van der Waals surface area contributed by atoms with Gasteiger partial charge in [-0.1, -0.05) is 42.5 Å². The number of anilines is 1. The Hall–Kier alpha value is -3.02. The molecule has 0 aliphatic heterocycles. The molecule has 3 aromatic rings. The monoisotopic (exact) mass is 380 g/mol. The number of nitrogens with one attached hydrogen (secondary N) is 1. The molecule has 0 saturated heterocycles. The Kier molecular flexibility index (Phi) is 7.67. The number of benzene rings is 1. The molecule has 0 radical (unpaired) electrons. The Balaban J connectivity index is 0.00000261. The number of rotatable bonds is 6. The number of carbonyl (C=O) groups excluding carboxylic acids is 1. The quantitative estimate of drug-likeness (QED) is 0.684. The molecule has 3 N–H and O–H groups in total. The van der Waals surface area contributed by atoms with Crippen LogP contribution in [-0.2, 0) is 11.2 Å². The van der Waals surface area contributed by atoms with E-state index in [9.17, 15) is 4.79 Å². The Labute approximate surface area is 164 Å². The molecule has 0 spiro atoms. The van der Waals surface area contributed by atoms with Crippen molar-refractivity contribution in [2.24, 2.45) is 5.73 Å². The molecule has 0 aliphatic rings. The largest absolute Gasteiger partial charge is 0.323 e. The van der Waals surface area contributed by atoms with Gasteiger partial charge in [-0.05, 0) is 41.3 Å². The zero-order chi connectivity index (χ0) is 18.2. The highest BCUT2D eigenvalue weighted by atomic mass is 35.5. The molecule has 1 aromatic carbocycles. The van der Waals surface area contributed by atoms with Crippen molar-refractivity contribution in [1.82, 2.24) is 9.97 Å². The van der Waals surface area contributed by atoms with Crippen LogP contribution in [0.4, 0.5) is 5.69 Å². The van der Waals surface area contributed by atoms with Crippen LogP contribution >= 0.6 is 12.4 Å². The summed E-state index contributed by atoms with van der Waals surface area (Å²) in [6.07, 6.45) is 11.2. The summed E-state index contributed by atoms with van der Waals surface area (Å²) < 4.78 is 0. The predicted molar refractivity (Wildman–Crippen MR) is 111 cm³/mol. The van der Waals surface area contributed by atoms with Crippen LogP contribution in [0.2, 0.25) is 0 Å². The van der Waals surface area contributed by atoms with Crippen molar-refractivity contribution < 1.29 is 4.79 Å². The minimum Gasteiger partial charge on any atom is -0.323 e. The normalized spacial score (nSPS) is 11.6. The molecule has 2 aromatic heterocycles. The lowest BCUT2D eigenvalue weighted by Crippen LogP contribution is -2.37. The summed E-state index contributed by atoms with van der Waals surface area (Å²) in [4.78, 5) is 20.5. The third-order valence-electron chi connectivity index (χ3n) is 3.84. The molecule has 0 unspecified atom stereocenters. The number of pyridine rings is 2. The van der Waals surface area contributed by atoms with Crippen molar-refractivity contribution in [3.8, 4) is 0 Å². The van der Waals surface area contributed by atoms with Crippen molar-refractivity contribution in [3.05, 3.63) is 90.0 Å². The first-order valence-electron chi connectivity index (χ1n) is 8.34. The van der Waals surface area contributed by atoms with Gasteiger partial charge in [0.25, 0.3) is 0 Å². The minimum absolute atomic E-state index is 0. The van der Waals surface area contributed by atoms with Gasteiger partial charge in [-0.15, -0.1) is 12.4 Å². The third-order valence-corrected chi connectivity index (χ3v) is 3.84. The molecule has 1 atom stereocenters. The van der Waals surface area contributed by atoms with Crippen LogP contribution in [0.5, 0.6) is 0 Å². The molecule has 0 saturated carbocycles. The summed E-state index contributed by atoms with van der Waals surface area (Å²) in [6, 6.07) is 14.8. The van der Waals surface area contributed by atoms with Crippen molar-refractivity contribution in [2.45, 2.75) is 12.5 Å². The van der Waals surface area contributed by atoms with Crippen LogP contribution in [0.25, 0.3) is 12.2 Å². The van der Waals surface area contributed by atoms with Crippen molar-refractivity contribution in [1.29, 1.82) is 0 Å². The summed E-state index contributed by atoms with van der Waals surface area (Å²) in [6.45, 7) is 0. The average Bonchev–Trinajstić information content (AvgIpc) is 2.68. The predicted octanol–water partition coefficient (Wildman–Crippen LogP) is 3.58. The highest BCUT2D eigenvalue weighted by molar-refractivity contribution is 5.95. The molecule has 27 heavy (non-hydrogen) atoms. The number of aromatic nitrogens is 2. The molecule has 0 fully saturated rings. The van der Waals surface area contributed by atoms with Gasteiger partial charge in [0.1, 0.15) is 0 Å². The van der Waals surface area contributed by atoms with Crippen LogP contribution in [0.15, 0.2) is 73.3 Å². The van der Waals surface area contributed by atoms with Gasteiger partial charge in [0, 0.05) is 18.6 Å². The van der Waals surface area contributed by atoms with Crippen molar-refractivity contribution in [2.75, 3.05) is 5.32 Å². The highest BCUT2D eigenvalue weighted by Crippen LogP contribution is 2.13. The lowest BCUT2D eigenvalue weighted by molar-refractivity contribution is -0.117. The molecule has 0 bridgehead atoms. The van der Waals surface area contributed by atoms with E-state index in [0.717, 1.165) is 16.7 Å². The fourth-order valence-corrected chi connectivity index (χ4v) is 2.48. The Morgan fingerprint density at radius 2 is 1.70 bits per heavy atom. The molecule has 1 amide bonds. The summed E-state index contributed by atoms with van der Waals surface area (Å²) in [5, 5.41) is 2.83. The number of nitrogens with zero attached hydrogens (tertiary/aromatic N) is 2. The van der Waals surface area contributed by atoms with E-state index in [-0.39, 0.29) is 18.3 Å². The Morgan fingerprint density at radius 1 is 1.00 bits per heavy atom. The summed E-state index contributed by atoms with van der Waals surface area (Å²) in [5.41, 5.74) is 9.59. The molecular formula is C21H21ClN4O. The van der Waals surface area contributed by atoms with Crippen molar-refractivity contribution >= 4 is 36.2 Å². The van der Waals surface area contributed by atoms with E-state index in [1.807, 2.05) is 60.7 Å². The maximum Gasteiger partial charge on any atom is 0.241 e. The van der Waals surface area contributed by atoms with Gasteiger partial charge in [-0.3, -0.25) is 14.8 Å². The first-order chi connectivity index (χ1) is 12.7. The average molecular weight is 381 g/mol. The van der Waals surface area contributed by atoms with E-state index in [1.165, 1.54) is 0 Å². The van der Waals surface area contributed by atoms with Gasteiger partial charge < -0.3 is 11.1 Å². The van der Waals surface area contributed by atoms with Crippen LogP contribution in [-0.4, -0.2) is 21.9 Å². The van der Waals surface area contributed by atoms with E-state index in [1.54, 1.807) is 24.8 Å². The maximum atomic E-state index is 12.3. The zero-order valence-electron chi connectivity index (χ0n) is 14.7. The SMILES string of the molecule is Cl.N[C@@H](Cc1ccccc1)C(=O)Nc1cncc(C=Cc2ccncc2)c1. The molecule has 5 nitrogen and oxygen atoms in total. The van der Waals surface area contributed by atoms with Crippen LogP contribution in [0, 0.1) is 0 Å². The molecule has 0 aliphatic carbocycles. The second-order valence-electron chi connectivity index (χ2n) is 5.91. The number of hydrogen-bond donors (Lipinski definition) is 2. The number of nitrogens with two attached hydrogens (primary N) is 1. The lowest BCUT2D eigenvalue weighted by Gasteiger charge is -2.12. The van der Waals surface area contributed by atoms with E-state index in [4.69, 9.17) is 5.73 Å². The van der Waals surface area contributed by atoms with E-state index < -0.39 is 6.04 Å².